The van der Waals surface area contributed by atoms with Gasteiger partial charge in [0.1, 0.15) is 6.29 Å². The predicted molar refractivity (Wildman–Crippen MR) is 55.9 cm³/mol. The number of alkyl carbamates (subject to hydrolysis) is 1. The first-order valence-electron chi connectivity index (χ1n) is 4.86. The number of ether oxygens (including phenoxy) is 1. The van der Waals surface area contributed by atoms with E-state index in [1.165, 1.54) is 0 Å². The normalized spacial score (nSPS) is 11.1. The van der Waals surface area contributed by atoms with Crippen LogP contribution in [-0.4, -0.2) is 32.2 Å². The molecule has 0 heterocycles. The number of hydrogen-bond donors (Lipinski definition) is 1. The van der Waals surface area contributed by atoms with Crippen molar-refractivity contribution in [2.24, 2.45) is 0 Å². The van der Waals surface area contributed by atoms with E-state index in [1.54, 1.807) is 20.8 Å². The SMILES string of the molecule is CCOC(=O)NCP(=O)(OCC)OCC. The van der Waals surface area contributed by atoms with Gasteiger partial charge in [0, 0.05) is 0 Å². The highest BCUT2D eigenvalue weighted by Crippen LogP contribution is 2.46. The van der Waals surface area contributed by atoms with Crippen LogP contribution in [0.3, 0.4) is 0 Å². The van der Waals surface area contributed by atoms with E-state index in [9.17, 15) is 9.36 Å². The van der Waals surface area contributed by atoms with E-state index < -0.39 is 13.7 Å². The van der Waals surface area contributed by atoms with Gasteiger partial charge in [-0.05, 0) is 20.8 Å². The molecule has 7 heteroatoms. The Morgan fingerprint density at radius 1 is 1.13 bits per heavy atom. The van der Waals surface area contributed by atoms with E-state index in [0.29, 0.717) is 0 Å². The molecule has 0 rings (SSSR count). The van der Waals surface area contributed by atoms with Crippen LogP contribution in [0.25, 0.3) is 0 Å². The van der Waals surface area contributed by atoms with Gasteiger partial charge < -0.3 is 19.1 Å². The molecule has 0 aromatic heterocycles. The Bertz CT molecular complexity index is 223. The maximum Gasteiger partial charge on any atom is 0.407 e. The van der Waals surface area contributed by atoms with Crippen molar-refractivity contribution >= 4 is 13.7 Å². The van der Waals surface area contributed by atoms with Crippen molar-refractivity contribution in [3.8, 4) is 0 Å². The summed E-state index contributed by atoms with van der Waals surface area (Å²) in [5.41, 5.74) is 0. The molecule has 15 heavy (non-hydrogen) atoms. The van der Waals surface area contributed by atoms with E-state index >= 15 is 0 Å². The molecular formula is C8H18NO5P. The molecule has 0 aromatic carbocycles. The highest BCUT2D eigenvalue weighted by Gasteiger charge is 2.24. The van der Waals surface area contributed by atoms with Crippen LogP contribution < -0.4 is 5.32 Å². The molecule has 0 atom stereocenters. The van der Waals surface area contributed by atoms with Crippen molar-refractivity contribution in [2.45, 2.75) is 20.8 Å². The second-order valence-electron chi connectivity index (χ2n) is 2.50. The Hall–Kier alpha value is -0.580. The van der Waals surface area contributed by atoms with Gasteiger partial charge in [-0.15, -0.1) is 0 Å². The van der Waals surface area contributed by atoms with Gasteiger partial charge >= 0.3 is 13.7 Å². The molecule has 1 N–H and O–H groups in total. The Labute approximate surface area is 89.8 Å². The number of amides is 1. The maximum absolute atomic E-state index is 11.8. The average Bonchev–Trinajstić information content (AvgIpc) is 2.16. The van der Waals surface area contributed by atoms with Crippen LogP contribution in [0.15, 0.2) is 0 Å². The molecule has 0 radical (unpaired) electrons. The molecule has 0 bridgehead atoms. The van der Waals surface area contributed by atoms with Crippen LogP contribution in [0, 0.1) is 0 Å². The fourth-order valence-electron chi connectivity index (χ4n) is 0.865. The van der Waals surface area contributed by atoms with Crippen LogP contribution in [0.4, 0.5) is 4.79 Å². The molecule has 0 aliphatic heterocycles. The van der Waals surface area contributed by atoms with E-state index in [-0.39, 0.29) is 26.1 Å². The van der Waals surface area contributed by atoms with E-state index in [2.05, 4.69) is 10.1 Å². The fourth-order valence-corrected chi connectivity index (χ4v) is 2.23. The first-order chi connectivity index (χ1) is 7.08. The number of carbonyl (C=O) groups is 1. The molecule has 1 amide bonds. The highest BCUT2D eigenvalue weighted by atomic mass is 31.2. The summed E-state index contributed by atoms with van der Waals surface area (Å²) in [7, 11) is -3.21. The highest BCUT2D eigenvalue weighted by molar-refractivity contribution is 7.53. The lowest BCUT2D eigenvalue weighted by molar-refractivity contribution is 0.151. The van der Waals surface area contributed by atoms with Gasteiger partial charge in [-0.3, -0.25) is 4.57 Å². The topological polar surface area (TPSA) is 73.9 Å². The zero-order valence-electron chi connectivity index (χ0n) is 9.32. The number of carbonyl (C=O) groups excluding carboxylic acids is 1. The quantitative estimate of drug-likeness (QED) is 0.687. The minimum absolute atomic E-state index is 0.173. The molecule has 0 aromatic rings. The molecular weight excluding hydrogens is 221 g/mol. The van der Waals surface area contributed by atoms with Crippen LogP contribution in [0.1, 0.15) is 20.8 Å². The summed E-state index contributed by atoms with van der Waals surface area (Å²) in [6, 6.07) is 0. The first kappa shape index (κ1) is 14.4. The van der Waals surface area contributed by atoms with Gasteiger partial charge in [0.25, 0.3) is 0 Å². The molecule has 0 aliphatic rings. The molecule has 90 valence electrons. The van der Waals surface area contributed by atoms with E-state index in [4.69, 9.17) is 9.05 Å². The van der Waals surface area contributed by atoms with Crippen molar-refractivity contribution in [3.05, 3.63) is 0 Å². The van der Waals surface area contributed by atoms with Crippen LogP contribution in [-0.2, 0) is 18.3 Å². The number of hydrogen-bond acceptors (Lipinski definition) is 5. The Morgan fingerprint density at radius 3 is 2.07 bits per heavy atom. The standard InChI is InChI=1S/C8H18NO5P/c1-4-12-8(10)9-7-15(11,13-5-2)14-6-3/h4-7H2,1-3H3,(H,9,10). The van der Waals surface area contributed by atoms with Gasteiger partial charge in [0.15, 0.2) is 0 Å². The Morgan fingerprint density at radius 2 is 1.67 bits per heavy atom. The van der Waals surface area contributed by atoms with Crippen molar-refractivity contribution in [2.75, 3.05) is 26.1 Å². The third-order valence-corrected chi connectivity index (χ3v) is 3.19. The van der Waals surface area contributed by atoms with Gasteiger partial charge in [0.05, 0.1) is 19.8 Å². The largest absolute Gasteiger partial charge is 0.450 e. The number of rotatable bonds is 7. The molecule has 0 saturated carbocycles. The lowest BCUT2D eigenvalue weighted by Crippen LogP contribution is -2.26. The predicted octanol–water partition coefficient (Wildman–Crippen LogP) is 1.96. The van der Waals surface area contributed by atoms with Crippen molar-refractivity contribution in [1.29, 1.82) is 0 Å². The van der Waals surface area contributed by atoms with Crippen molar-refractivity contribution in [3.63, 3.8) is 0 Å². The molecule has 6 nitrogen and oxygen atoms in total. The summed E-state index contributed by atoms with van der Waals surface area (Å²) in [5.74, 6) is 0. The van der Waals surface area contributed by atoms with Gasteiger partial charge in [-0.1, -0.05) is 0 Å². The summed E-state index contributed by atoms with van der Waals surface area (Å²) < 4.78 is 26.3. The van der Waals surface area contributed by atoms with E-state index in [1.807, 2.05) is 0 Å². The third-order valence-electron chi connectivity index (χ3n) is 1.34. The molecule has 0 saturated heterocycles. The Balaban J connectivity index is 4.06. The minimum atomic E-state index is -3.21. The summed E-state index contributed by atoms with van der Waals surface area (Å²) >= 11 is 0. The first-order valence-corrected chi connectivity index (χ1v) is 6.59. The fraction of sp³-hybridized carbons (Fsp3) is 0.875. The van der Waals surface area contributed by atoms with Gasteiger partial charge in [-0.2, -0.15) is 0 Å². The molecule has 0 aliphatic carbocycles. The summed E-state index contributed by atoms with van der Waals surface area (Å²) in [5, 5.41) is 2.32. The summed E-state index contributed by atoms with van der Waals surface area (Å²) in [6.45, 7) is 5.89. The Kier molecular flexibility index (Phi) is 7.38. The van der Waals surface area contributed by atoms with Gasteiger partial charge in [-0.25, -0.2) is 4.79 Å². The summed E-state index contributed by atoms with van der Waals surface area (Å²) in [6.07, 6.45) is -0.801. The second kappa shape index (κ2) is 7.68. The van der Waals surface area contributed by atoms with Gasteiger partial charge in [0.2, 0.25) is 0 Å². The number of nitrogens with one attached hydrogen (secondary N) is 1. The lowest BCUT2D eigenvalue weighted by Gasteiger charge is -2.16. The zero-order valence-corrected chi connectivity index (χ0v) is 10.2. The lowest BCUT2D eigenvalue weighted by atomic mass is 10.9. The monoisotopic (exact) mass is 239 g/mol. The van der Waals surface area contributed by atoms with Crippen molar-refractivity contribution in [1.82, 2.24) is 5.32 Å². The third kappa shape index (κ3) is 6.49. The zero-order chi connectivity index (χ0) is 11.7. The van der Waals surface area contributed by atoms with Crippen molar-refractivity contribution < 1.29 is 23.1 Å². The van der Waals surface area contributed by atoms with E-state index in [0.717, 1.165) is 0 Å². The summed E-state index contributed by atoms with van der Waals surface area (Å²) in [4.78, 5) is 10.9. The maximum atomic E-state index is 11.8. The van der Waals surface area contributed by atoms with Crippen LogP contribution in [0.5, 0.6) is 0 Å². The smallest absolute Gasteiger partial charge is 0.407 e. The molecule has 0 spiro atoms. The minimum Gasteiger partial charge on any atom is -0.450 e. The second-order valence-corrected chi connectivity index (χ2v) is 4.56. The molecule has 0 fully saturated rings. The van der Waals surface area contributed by atoms with Crippen LogP contribution >= 0.6 is 7.60 Å². The molecule has 0 unspecified atom stereocenters. The average molecular weight is 239 g/mol. The van der Waals surface area contributed by atoms with Crippen LogP contribution in [0.2, 0.25) is 0 Å².